The average Bonchev–Trinajstić information content (AvgIpc) is 2.51. The van der Waals surface area contributed by atoms with E-state index in [0.29, 0.717) is 18.6 Å². The van der Waals surface area contributed by atoms with Crippen molar-refractivity contribution in [3.8, 4) is 0 Å². The van der Waals surface area contributed by atoms with Crippen LogP contribution in [0.5, 0.6) is 0 Å². The molecule has 0 N–H and O–H groups in total. The molecule has 0 aromatic carbocycles. The van der Waals surface area contributed by atoms with Crippen molar-refractivity contribution in [3.05, 3.63) is 17.8 Å². The molecule has 1 unspecified atom stereocenters. The number of ether oxygens (including phenoxy) is 2. The Bertz CT molecular complexity index is 607. The van der Waals surface area contributed by atoms with Crippen molar-refractivity contribution in [2.45, 2.75) is 45.0 Å². The largest absolute Gasteiger partial charge is 0.399 e. The van der Waals surface area contributed by atoms with Crippen molar-refractivity contribution in [2.24, 2.45) is 5.16 Å². The molecule has 2 fully saturated rings. The van der Waals surface area contributed by atoms with Crippen LogP contribution in [0, 0.1) is 0 Å². The van der Waals surface area contributed by atoms with Crippen molar-refractivity contribution in [3.63, 3.8) is 0 Å². The number of hydrogen-bond acceptors (Lipinski definition) is 6. The van der Waals surface area contributed by atoms with E-state index in [0.717, 1.165) is 43.0 Å². The van der Waals surface area contributed by atoms with Gasteiger partial charge in [-0.1, -0.05) is 16.7 Å². The molecule has 2 aliphatic heterocycles. The Labute approximate surface area is 144 Å². The minimum absolute atomic E-state index is 0.176. The Morgan fingerprint density at radius 1 is 1.38 bits per heavy atom. The summed E-state index contributed by atoms with van der Waals surface area (Å²) in [5, 5.41) is 3.98. The smallest absolute Gasteiger partial charge is 0.158 e. The summed E-state index contributed by atoms with van der Waals surface area (Å²) >= 11 is 0. The first-order valence-electron chi connectivity index (χ1n) is 8.39. The molecule has 1 aromatic heterocycles. The molecule has 0 saturated carbocycles. The van der Waals surface area contributed by atoms with Crippen molar-refractivity contribution in [1.29, 1.82) is 0 Å². The Morgan fingerprint density at radius 2 is 2.17 bits per heavy atom. The highest BCUT2D eigenvalue weighted by Gasteiger charge is 2.34. The van der Waals surface area contributed by atoms with Gasteiger partial charge < -0.3 is 19.2 Å². The van der Waals surface area contributed by atoms with Crippen LogP contribution in [-0.4, -0.2) is 51.6 Å². The molecule has 0 spiro atoms. The number of rotatable bonds is 5. The van der Waals surface area contributed by atoms with Crippen LogP contribution in [0.2, 0.25) is 0 Å². The van der Waals surface area contributed by atoms with Crippen molar-refractivity contribution >= 4 is 24.8 Å². The van der Waals surface area contributed by atoms with E-state index in [1.54, 1.807) is 13.3 Å². The third-order valence-corrected chi connectivity index (χ3v) is 4.37. The lowest BCUT2D eigenvalue weighted by atomic mass is 9.90. The summed E-state index contributed by atoms with van der Waals surface area (Å²) in [6.45, 7) is 6.23. The van der Waals surface area contributed by atoms with Crippen LogP contribution < -0.4 is 10.4 Å². The topological polar surface area (TPSA) is 56.2 Å². The summed E-state index contributed by atoms with van der Waals surface area (Å²) in [7, 11) is 7.54. The standard InChI is InChI=1S/C17H24BN3O3/c1-17(2,24-15-6-4-5-7-23-15)14-8-12(18)9-19-16(14)21-10-13(11-21)20-22-3/h8-9,15H,4-7,10-11H2,1-3H3. The second-order valence-corrected chi connectivity index (χ2v) is 6.76. The molecule has 0 amide bonds. The minimum atomic E-state index is -0.548. The van der Waals surface area contributed by atoms with Gasteiger partial charge in [0.2, 0.25) is 0 Å². The molecule has 2 radical (unpaired) electrons. The molecule has 2 aliphatic rings. The zero-order valence-corrected chi connectivity index (χ0v) is 14.6. The highest BCUT2D eigenvalue weighted by atomic mass is 16.7. The normalized spacial score (nSPS) is 21.4. The molecule has 2 saturated heterocycles. The van der Waals surface area contributed by atoms with Crippen LogP contribution in [0.1, 0.15) is 38.7 Å². The van der Waals surface area contributed by atoms with Crippen molar-refractivity contribution in [2.75, 3.05) is 31.7 Å². The molecular weight excluding hydrogens is 305 g/mol. The Hall–Kier alpha value is -1.60. The fourth-order valence-corrected chi connectivity index (χ4v) is 3.10. The third kappa shape index (κ3) is 3.73. The Morgan fingerprint density at radius 3 is 2.83 bits per heavy atom. The first-order chi connectivity index (χ1) is 11.5. The van der Waals surface area contributed by atoms with E-state index in [4.69, 9.17) is 22.2 Å². The van der Waals surface area contributed by atoms with Gasteiger partial charge in [-0.05, 0) is 33.1 Å². The van der Waals surface area contributed by atoms with Crippen LogP contribution in [-0.2, 0) is 19.9 Å². The fraction of sp³-hybridized carbons (Fsp3) is 0.647. The van der Waals surface area contributed by atoms with Gasteiger partial charge in [-0.25, -0.2) is 4.98 Å². The van der Waals surface area contributed by atoms with Gasteiger partial charge in [-0.2, -0.15) is 0 Å². The molecule has 0 bridgehead atoms. The molecule has 1 aromatic rings. The van der Waals surface area contributed by atoms with Gasteiger partial charge in [-0.3, -0.25) is 0 Å². The predicted molar refractivity (Wildman–Crippen MR) is 94.0 cm³/mol. The molecule has 24 heavy (non-hydrogen) atoms. The van der Waals surface area contributed by atoms with Crippen LogP contribution in [0.3, 0.4) is 0 Å². The molecule has 3 rings (SSSR count). The van der Waals surface area contributed by atoms with Crippen LogP contribution >= 0.6 is 0 Å². The van der Waals surface area contributed by atoms with Gasteiger partial charge in [0.1, 0.15) is 20.8 Å². The fourth-order valence-electron chi connectivity index (χ4n) is 3.10. The number of pyridine rings is 1. The first kappa shape index (κ1) is 17.2. The summed E-state index contributed by atoms with van der Waals surface area (Å²) in [5.74, 6) is 0.875. The summed E-state index contributed by atoms with van der Waals surface area (Å²) < 4.78 is 12.0. The maximum Gasteiger partial charge on any atom is 0.158 e. The van der Waals surface area contributed by atoms with E-state index in [1.807, 2.05) is 19.9 Å². The maximum absolute atomic E-state index is 6.25. The number of anilines is 1. The second kappa shape index (κ2) is 7.11. The zero-order valence-electron chi connectivity index (χ0n) is 14.6. The predicted octanol–water partition coefficient (Wildman–Crippen LogP) is 1.48. The van der Waals surface area contributed by atoms with Crippen LogP contribution in [0.15, 0.2) is 17.4 Å². The van der Waals surface area contributed by atoms with E-state index in [9.17, 15) is 0 Å². The van der Waals surface area contributed by atoms with Gasteiger partial charge in [0.05, 0.1) is 24.4 Å². The van der Waals surface area contributed by atoms with E-state index >= 15 is 0 Å². The zero-order chi connectivity index (χ0) is 17.2. The van der Waals surface area contributed by atoms with Gasteiger partial charge in [0, 0.05) is 18.4 Å². The Balaban J connectivity index is 1.80. The van der Waals surface area contributed by atoms with E-state index < -0.39 is 5.60 Å². The number of aromatic nitrogens is 1. The molecule has 3 heterocycles. The summed E-state index contributed by atoms with van der Waals surface area (Å²) in [6, 6.07) is 1.94. The van der Waals surface area contributed by atoms with Crippen molar-refractivity contribution < 1.29 is 14.3 Å². The lowest BCUT2D eigenvalue weighted by Gasteiger charge is -2.39. The molecular formula is C17H24BN3O3. The first-order valence-corrected chi connectivity index (χ1v) is 8.39. The van der Waals surface area contributed by atoms with Gasteiger partial charge >= 0.3 is 0 Å². The van der Waals surface area contributed by atoms with Gasteiger partial charge in [0.15, 0.2) is 6.29 Å². The van der Waals surface area contributed by atoms with Crippen LogP contribution in [0.25, 0.3) is 0 Å². The van der Waals surface area contributed by atoms with Crippen molar-refractivity contribution in [1.82, 2.24) is 4.98 Å². The van der Waals surface area contributed by atoms with Gasteiger partial charge in [-0.15, -0.1) is 0 Å². The molecule has 0 aliphatic carbocycles. The summed E-state index contributed by atoms with van der Waals surface area (Å²) in [5.41, 5.74) is 2.04. The van der Waals surface area contributed by atoms with Crippen LogP contribution in [0.4, 0.5) is 5.82 Å². The summed E-state index contributed by atoms with van der Waals surface area (Å²) in [4.78, 5) is 11.5. The Kier molecular flexibility index (Phi) is 5.11. The second-order valence-electron chi connectivity index (χ2n) is 6.76. The SMILES string of the molecule is [B]c1cnc(N2CC(=NOC)C2)c(C(C)(C)OC2CCCCO2)c1. The molecule has 7 heteroatoms. The third-order valence-electron chi connectivity index (χ3n) is 4.37. The molecule has 1 atom stereocenters. The number of nitrogens with zero attached hydrogens (tertiary/aromatic N) is 3. The molecule has 6 nitrogen and oxygen atoms in total. The highest BCUT2D eigenvalue weighted by Crippen LogP contribution is 2.35. The van der Waals surface area contributed by atoms with Gasteiger partial charge in [0.25, 0.3) is 0 Å². The average molecular weight is 329 g/mol. The lowest BCUT2D eigenvalue weighted by Crippen LogP contribution is -2.49. The van der Waals surface area contributed by atoms with E-state index in [1.165, 1.54) is 0 Å². The monoisotopic (exact) mass is 329 g/mol. The van der Waals surface area contributed by atoms with E-state index in [2.05, 4.69) is 15.0 Å². The maximum atomic E-state index is 6.25. The lowest BCUT2D eigenvalue weighted by molar-refractivity contribution is -0.218. The van der Waals surface area contributed by atoms with E-state index in [-0.39, 0.29) is 6.29 Å². The number of oxime groups is 1. The molecule has 128 valence electrons. The number of hydrogen-bond donors (Lipinski definition) is 0. The quantitative estimate of drug-likeness (QED) is 0.605. The summed E-state index contributed by atoms with van der Waals surface area (Å²) in [6.07, 6.45) is 4.65. The minimum Gasteiger partial charge on any atom is -0.399 e. The highest BCUT2D eigenvalue weighted by molar-refractivity contribution is 6.32.